The number of nitrogen functional groups attached to an aromatic ring is 1. The Hall–Kier alpha value is -1.62. The van der Waals surface area contributed by atoms with E-state index in [4.69, 9.17) is 5.73 Å². The maximum Gasteiger partial charge on any atom is 0.254 e. The quantitative estimate of drug-likeness (QED) is 0.810. The van der Waals surface area contributed by atoms with Gasteiger partial charge in [0.15, 0.2) is 0 Å². The maximum atomic E-state index is 13.7. The van der Waals surface area contributed by atoms with Gasteiger partial charge in [-0.3, -0.25) is 9.69 Å². The fraction of sp³-hybridized carbons (Fsp3) is 0.533. The van der Waals surface area contributed by atoms with E-state index in [2.05, 4.69) is 10.2 Å². The van der Waals surface area contributed by atoms with E-state index in [1.165, 1.54) is 31.0 Å². The first-order valence-electron chi connectivity index (χ1n) is 7.25. The highest BCUT2D eigenvalue weighted by atomic mass is 19.1. The minimum Gasteiger partial charge on any atom is -0.399 e. The van der Waals surface area contributed by atoms with Crippen LogP contribution in [-0.4, -0.2) is 36.0 Å². The maximum absolute atomic E-state index is 13.7. The third-order valence-electron chi connectivity index (χ3n) is 4.41. The zero-order valence-electron chi connectivity index (χ0n) is 11.4. The number of anilines is 1. The molecule has 2 aliphatic heterocycles. The summed E-state index contributed by atoms with van der Waals surface area (Å²) in [6, 6.07) is 4.65. The number of halogens is 1. The molecule has 3 N–H and O–H groups in total. The van der Waals surface area contributed by atoms with Gasteiger partial charge in [-0.05, 0) is 44.0 Å². The molecule has 0 spiro atoms. The molecule has 2 unspecified atom stereocenters. The topological polar surface area (TPSA) is 58.4 Å². The summed E-state index contributed by atoms with van der Waals surface area (Å²) in [6.45, 7) is 2.14. The van der Waals surface area contributed by atoms with Gasteiger partial charge in [-0.2, -0.15) is 0 Å². The van der Waals surface area contributed by atoms with Crippen LogP contribution >= 0.6 is 0 Å². The molecule has 0 bridgehead atoms. The van der Waals surface area contributed by atoms with Crippen molar-refractivity contribution < 1.29 is 9.18 Å². The van der Waals surface area contributed by atoms with Crippen molar-refractivity contribution in [1.82, 2.24) is 10.2 Å². The molecule has 0 aliphatic carbocycles. The van der Waals surface area contributed by atoms with Crippen molar-refractivity contribution in [2.45, 2.75) is 37.8 Å². The summed E-state index contributed by atoms with van der Waals surface area (Å²) in [7, 11) is 0. The first-order chi connectivity index (χ1) is 9.65. The number of rotatable bonds is 2. The first-order valence-corrected chi connectivity index (χ1v) is 7.25. The smallest absolute Gasteiger partial charge is 0.254 e. The molecule has 20 heavy (non-hydrogen) atoms. The van der Waals surface area contributed by atoms with Crippen LogP contribution in [0.5, 0.6) is 0 Å². The second-order valence-electron chi connectivity index (χ2n) is 5.71. The van der Waals surface area contributed by atoms with Crippen LogP contribution < -0.4 is 11.1 Å². The molecule has 4 nitrogen and oxygen atoms in total. The highest BCUT2D eigenvalue weighted by molar-refractivity contribution is 5.95. The molecule has 5 heteroatoms. The number of benzene rings is 1. The number of carbonyl (C=O) groups excluding carboxylic acids is 1. The van der Waals surface area contributed by atoms with Crippen molar-refractivity contribution in [2.75, 3.05) is 18.8 Å². The predicted molar refractivity (Wildman–Crippen MR) is 75.9 cm³/mol. The summed E-state index contributed by atoms with van der Waals surface area (Å²) in [5, 5.41) is 2.99. The average Bonchev–Trinajstić information content (AvgIpc) is 2.85. The number of nitrogens with zero attached hydrogens (tertiary/aromatic N) is 1. The van der Waals surface area contributed by atoms with E-state index in [9.17, 15) is 9.18 Å². The molecule has 108 valence electrons. The number of fused-ring (bicyclic) bond motifs is 1. The van der Waals surface area contributed by atoms with Crippen LogP contribution in [0.15, 0.2) is 18.2 Å². The van der Waals surface area contributed by atoms with E-state index < -0.39 is 5.82 Å². The van der Waals surface area contributed by atoms with Crippen molar-refractivity contribution in [3.8, 4) is 0 Å². The summed E-state index contributed by atoms with van der Waals surface area (Å²) in [4.78, 5) is 14.7. The largest absolute Gasteiger partial charge is 0.399 e. The van der Waals surface area contributed by atoms with E-state index in [-0.39, 0.29) is 17.5 Å². The summed E-state index contributed by atoms with van der Waals surface area (Å²) in [6.07, 6.45) is 4.51. The van der Waals surface area contributed by atoms with Crippen molar-refractivity contribution in [1.29, 1.82) is 0 Å². The lowest BCUT2D eigenvalue weighted by molar-refractivity contribution is 0.0911. The molecule has 2 atom stereocenters. The lowest BCUT2D eigenvalue weighted by Gasteiger charge is -2.32. The first kappa shape index (κ1) is 13.4. The van der Waals surface area contributed by atoms with Gasteiger partial charge >= 0.3 is 0 Å². The van der Waals surface area contributed by atoms with Gasteiger partial charge in [0.25, 0.3) is 5.91 Å². The lowest BCUT2D eigenvalue weighted by atomic mass is 9.98. The molecular formula is C15H20FN3O. The Bertz CT molecular complexity index is 520. The third-order valence-corrected chi connectivity index (χ3v) is 4.41. The van der Waals surface area contributed by atoms with Gasteiger partial charge in [0.1, 0.15) is 5.82 Å². The third kappa shape index (κ3) is 2.50. The predicted octanol–water partition coefficient (Wildman–Crippen LogP) is 1.76. The van der Waals surface area contributed by atoms with Gasteiger partial charge in [-0.25, -0.2) is 4.39 Å². The Morgan fingerprint density at radius 1 is 1.30 bits per heavy atom. The number of nitrogens with one attached hydrogen (secondary N) is 1. The second-order valence-corrected chi connectivity index (χ2v) is 5.71. The summed E-state index contributed by atoms with van der Waals surface area (Å²) < 4.78 is 13.7. The van der Waals surface area contributed by atoms with Gasteiger partial charge in [0, 0.05) is 24.3 Å². The van der Waals surface area contributed by atoms with Crippen molar-refractivity contribution in [3.05, 3.63) is 29.6 Å². The molecule has 0 saturated carbocycles. The van der Waals surface area contributed by atoms with E-state index in [1.807, 2.05) is 0 Å². The summed E-state index contributed by atoms with van der Waals surface area (Å²) in [5.41, 5.74) is 6.07. The lowest BCUT2D eigenvalue weighted by Crippen LogP contribution is -2.46. The van der Waals surface area contributed by atoms with Gasteiger partial charge < -0.3 is 11.1 Å². The van der Waals surface area contributed by atoms with Gasteiger partial charge in [0.2, 0.25) is 0 Å². The van der Waals surface area contributed by atoms with Crippen molar-refractivity contribution >= 4 is 11.6 Å². The standard InChI is InChI=1S/C15H20FN3O/c16-12-5-4-10(17)9-11(12)15(20)18-13-6-8-19-7-2-1-3-14(13)19/h4-5,9,13-14H,1-3,6-8,17H2,(H,18,20). The molecule has 1 amide bonds. The van der Waals surface area contributed by atoms with E-state index in [1.54, 1.807) is 0 Å². The van der Waals surface area contributed by atoms with Crippen LogP contribution in [0, 0.1) is 5.82 Å². The number of nitrogens with two attached hydrogens (primary N) is 1. The number of hydrogen-bond acceptors (Lipinski definition) is 3. The van der Waals surface area contributed by atoms with Gasteiger partial charge in [0.05, 0.1) is 5.56 Å². The van der Waals surface area contributed by atoms with Gasteiger partial charge in [-0.15, -0.1) is 0 Å². The van der Waals surface area contributed by atoms with E-state index in [0.29, 0.717) is 11.7 Å². The van der Waals surface area contributed by atoms with Crippen molar-refractivity contribution in [3.63, 3.8) is 0 Å². The zero-order valence-corrected chi connectivity index (χ0v) is 11.4. The van der Waals surface area contributed by atoms with Crippen LogP contribution in [-0.2, 0) is 0 Å². The highest BCUT2D eigenvalue weighted by Crippen LogP contribution is 2.27. The van der Waals surface area contributed by atoms with E-state index >= 15 is 0 Å². The number of amides is 1. The molecule has 0 radical (unpaired) electrons. The Kier molecular flexibility index (Phi) is 3.61. The molecule has 2 fully saturated rings. The Balaban J connectivity index is 1.71. The number of piperidine rings is 1. The minimum atomic E-state index is -0.518. The molecule has 0 aromatic heterocycles. The molecule has 3 rings (SSSR count). The monoisotopic (exact) mass is 277 g/mol. The minimum absolute atomic E-state index is 0.0410. The Labute approximate surface area is 118 Å². The molecule has 1 aromatic rings. The number of carbonyl (C=O) groups is 1. The molecule has 2 saturated heterocycles. The second kappa shape index (κ2) is 5.40. The number of hydrogen-bond donors (Lipinski definition) is 2. The van der Waals surface area contributed by atoms with E-state index in [0.717, 1.165) is 25.9 Å². The van der Waals surface area contributed by atoms with Crippen LogP contribution in [0.25, 0.3) is 0 Å². The van der Waals surface area contributed by atoms with Crippen LogP contribution in [0.4, 0.5) is 10.1 Å². The fourth-order valence-electron chi connectivity index (χ4n) is 3.38. The molecular weight excluding hydrogens is 257 g/mol. The normalized spacial score (nSPS) is 26.2. The van der Waals surface area contributed by atoms with Crippen LogP contribution in [0.3, 0.4) is 0 Å². The molecule has 1 aromatic carbocycles. The Morgan fingerprint density at radius 2 is 2.15 bits per heavy atom. The molecule has 2 heterocycles. The van der Waals surface area contributed by atoms with Crippen molar-refractivity contribution in [2.24, 2.45) is 0 Å². The van der Waals surface area contributed by atoms with Crippen LogP contribution in [0.1, 0.15) is 36.0 Å². The Morgan fingerprint density at radius 3 is 3.00 bits per heavy atom. The SMILES string of the molecule is Nc1ccc(F)c(C(=O)NC2CCN3CCCCC23)c1. The highest BCUT2D eigenvalue weighted by Gasteiger charge is 2.36. The molecule has 2 aliphatic rings. The van der Waals surface area contributed by atoms with Gasteiger partial charge in [-0.1, -0.05) is 6.42 Å². The summed E-state index contributed by atoms with van der Waals surface area (Å²) >= 11 is 0. The average molecular weight is 277 g/mol. The fourth-order valence-corrected chi connectivity index (χ4v) is 3.38. The summed E-state index contributed by atoms with van der Waals surface area (Å²) in [5.74, 6) is -0.873. The zero-order chi connectivity index (χ0) is 14.1. The van der Waals surface area contributed by atoms with Crippen LogP contribution in [0.2, 0.25) is 0 Å².